The van der Waals surface area contributed by atoms with Crippen LogP contribution in [-0.4, -0.2) is 42.1 Å². The predicted molar refractivity (Wildman–Crippen MR) is 126 cm³/mol. The van der Waals surface area contributed by atoms with Crippen LogP contribution in [0.2, 0.25) is 0 Å². The van der Waals surface area contributed by atoms with E-state index < -0.39 is 0 Å². The lowest BCUT2D eigenvalue weighted by Crippen LogP contribution is -2.32. The predicted octanol–water partition coefficient (Wildman–Crippen LogP) is 3.59. The van der Waals surface area contributed by atoms with Crippen LogP contribution in [0.3, 0.4) is 0 Å². The number of hydrogen-bond acceptors (Lipinski definition) is 5. The van der Waals surface area contributed by atoms with Crippen LogP contribution in [0, 0.1) is 11.7 Å². The van der Waals surface area contributed by atoms with Crippen molar-refractivity contribution in [1.82, 2.24) is 29.6 Å². The first-order valence-corrected chi connectivity index (χ1v) is 10.8. The van der Waals surface area contributed by atoms with Crippen LogP contribution < -0.4 is 5.56 Å². The van der Waals surface area contributed by atoms with Crippen molar-refractivity contribution in [3.63, 3.8) is 0 Å². The van der Waals surface area contributed by atoms with Crippen molar-refractivity contribution < 1.29 is 4.79 Å². The lowest BCUT2D eigenvalue weighted by Gasteiger charge is -2.20. The van der Waals surface area contributed by atoms with Gasteiger partial charge < -0.3 is 9.88 Å². The fourth-order valence-electron chi connectivity index (χ4n) is 3.58. The molecule has 0 saturated heterocycles. The molecule has 0 bridgehead atoms. The lowest BCUT2D eigenvalue weighted by molar-refractivity contribution is -0.131. The van der Waals surface area contributed by atoms with E-state index >= 15 is 0 Å². The summed E-state index contributed by atoms with van der Waals surface area (Å²) >= 11 is 5.38. The number of amides is 1. The average Bonchev–Trinajstić information content (AvgIpc) is 3.16. The van der Waals surface area contributed by atoms with Gasteiger partial charge in [0.15, 0.2) is 10.6 Å². The number of hydrogen-bond donors (Lipinski definition) is 2. The smallest absolute Gasteiger partial charge is 0.258 e. The molecule has 4 aromatic rings. The van der Waals surface area contributed by atoms with Gasteiger partial charge in [-0.15, -0.1) is 0 Å². The highest BCUT2D eigenvalue weighted by Crippen LogP contribution is 2.18. The quantitative estimate of drug-likeness (QED) is 0.421. The normalized spacial score (nSPS) is 11.1. The number of benzene rings is 2. The summed E-state index contributed by atoms with van der Waals surface area (Å²) in [6.07, 6.45) is 0.248. The van der Waals surface area contributed by atoms with Gasteiger partial charge in [-0.25, -0.2) is 4.98 Å². The Balaban J connectivity index is 1.49. The number of H-pyrrole nitrogens is 2. The molecule has 0 radical (unpaired) electrons. The minimum Gasteiger partial charge on any atom is -0.335 e. The summed E-state index contributed by atoms with van der Waals surface area (Å²) in [4.78, 5) is 34.2. The molecule has 2 heterocycles. The summed E-state index contributed by atoms with van der Waals surface area (Å²) in [5.41, 5.74) is 2.49. The summed E-state index contributed by atoms with van der Waals surface area (Å²) in [7, 11) is 0. The minimum absolute atomic E-state index is 0.0544. The molecule has 0 fully saturated rings. The molecule has 0 aliphatic carbocycles. The van der Waals surface area contributed by atoms with Gasteiger partial charge in [0.2, 0.25) is 5.91 Å². The maximum Gasteiger partial charge on any atom is 0.258 e. The third-order valence-corrected chi connectivity index (χ3v) is 5.67. The molecule has 2 aromatic carbocycles. The van der Waals surface area contributed by atoms with Crippen LogP contribution in [0.4, 0.5) is 0 Å². The van der Waals surface area contributed by atoms with Crippen LogP contribution >= 0.6 is 12.2 Å². The molecule has 9 heteroatoms. The number of para-hydroxylation sites is 1. The fourth-order valence-corrected chi connectivity index (χ4v) is 3.80. The van der Waals surface area contributed by atoms with Crippen molar-refractivity contribution in [2.45, 2.75) is 33.4 Å². The van der Waals surface area contributed by atoms with Crippen LogP contribution in [0.5, 0.6) is 0 Å². The highest BCUT2D eigenvalue weighted by Gasteiger charge is 2.16. The molecule has 0 spiro atoms. The van der Waals surface area contributed by atoms with Crippen molar-refractivity contribution in [2.24, 2.45) is 0 Å². The van der Waals surface area contributed by atoms with Gasteiger partial charge in [-0.2, -0.15) is 5.10 Å². The monoisotopic (exact) mass is 448 g/mol. The molecule has 4 rings (SSSR count). The Kier molecular flexibility index (Phi) is 6.27. The van der Waals surface area contributed by atoms with Crippen molar-refractivity contribution in [3.8, 4) is 11.4 Å². The number of nitrogens with zero attached hydrogens (tertiary/aromatic N) is 4. The van der Waals surface area contributed by atoms with Gasteiger partial charge >= 0.3 is 0 Å². The Hall–Kier alpha value is -3.59. The van der Waals surface area contributed by atoms with E-state index in [2.05, 4.69) is 20.2 Å². The molecule has 0 saturated carbocycles. The Labute approximate surface area is 189 Å². The largest absolute Gasteiger partial charge is 0.335 e. The molecular weight excluding hydrogens is 424 g/mol. The molecule has 164 valence electrons. The third-order valence-electron chi connectivity index (χ3n) is 5.35. The molecule has 8 nitrogen and oxygen atoms in total. The minimum atomic E-state index is -0.207. The van der Waals surface area contributed by atoms with Crippen molar-refractivity contribution >= 4 is 29.0 Å². The summed E-state index contributed by atoms with van der Waals surface area (Å²) in [6, 6.07) is 15.1. The Morgan fingerprint density at radius 3 is 2.66 bits per heavy atom. The summed E-state index contributed by atoms with van der Waals surface area (Å²) in [6.45, 7) is 5.05. The zero-order chi connectivity index (χ0) is 22.7. The van der Waals surface area contributed by atoms with Gasteiger partial charge in [-0.1, -0.05) is 42.0 Å². The van der Waals surface area contributed by atoms with Crippen molar-refractivity contribution in [2.75, 3.05) is 6.54 Å². The SMILES string of the molecule is CCN(Cc1nc2ccccc2c(=O)[nH]1)C(=O)CCn1c(-c2ccc(C)cc2)n[nH]c1=S. The maximum atomic E-state index is 13.0. The van der Waals surface area contributed by atoms with E-state index in [0.29, 0.717) is 40.4 Å². The van der Waals surface area contributed by atoms with Crippen LogP contribution in [0.25, 0.3) is 22.3 Å². The zero-order valence-electron chi connectivity index (χ0n) is 18.0. The number of rotatable bonds is 7. The van der Waals surface area contributed by atoms with Crippen LogP contribution in [-0.2, 0) is 17.9 Å². The first-order chi connectivity index (χ1) is 15.5. The molecule has 32 heavy (non-hydrogen) atoms. The van der Waals surface area contributed by atoms with E-state index in [1.807, 2.05) is 48.7 Å². The van der Waals surface area contributed by atoms with Gasteiger partial charge in [0.1, 0.15) is 5.82 Å². The summed E-state index contributed by atoms with van der Waals surface area (Å²) in [5.74, 6) is 1.11. The second-order valence-electron chi connectivity index (χ2n) is 7.56. The van der Waals surface area contributed by atoms with E-state index in [1.165, 1.54) is 0 Å². The number of fused-ring (bicyclic) bond motifs is 1. The highest BCUT2D eigenvalue weighted by atomic mass is 32.1. The topological polar surface area (TPSA) is 99.7 Å². The first kappa shape index (κ1) is 21.6. The van der Waals surface area contributed by atoms with Crippen LogP contribution in [0.15, 0.2) is 53.3 Å². The van der Waals surface area contributed by atoms with Crippen LogP contribution in [0.1, 0.15) is 24.7 Å². The summed E-state index contributed by atoms with van der Waals surface area (Å²) in [5, 5.41) is 7.69. The average molecular weight is 449 g/mol. The fraction of sp³-hybridized carbons (Fsp3) is 0.261. The van der Waals surface area contributed by atoms with E-state index in [9.17, 15) is 9.59 Å². The molecule has 0 aliphatic heterocycles. The standard InChI is InChI=1S/C23H24N6O2S/c1-3-28(14-19-24-18-7-5-4-6-17(18)22(31)25-19)20(30)12-13-29-21(26-27-23(29)32)16-10-8-15(2)9-11-16/h4-11H,3,12-14H2,1-2H3,(H,27,32)(H,24,25,31). The number of aromatic nitrogens is 5. The molecular formula is C23H24N6O2S. The van der Waals surface area contributed by atoms with E-state index in [-0.39, 0.29) is 24.4 Å². The number of aryl methyl sites for hydroxylation is 1. The number of carbonyl (C=O) groups is 1. The van der Waals surface area contributed by atoms with Gasteiger partial charge in [0.05, 0.1) is 17.4 Å². The van der Waals surface area contributed by atoms with Gasteiger partial charge in [-0.05, 0) is 38.2 Å². The Morgan fingerprint density at radius 1 is 1.16 bits per heavy atom. The second kappa shape index (κ2) is 9.27. The van der Waals surface area contributed by atoms with E-state index in [4.69, 9.17) is 12.2 Å². The molecule has 0 unspecified atom stereocenters. The number of nitrogens with one attached hydrogen (secondary N) is 2. The van der Waals surface area contributed by atoms with E-state index in [0.717, 1.165) is 11.1 Å². The van der Waals surface area contributed by atoms with Gasteiger partial charge in [-0.3, -0.25) is 19.3 Å². The van der Waals surface area contributed by atoms with Crippen molar-refractivity contribution in [3.05, 3.63) is 75.0 Å². The van der Waals surface area contributed by atoms with E-state index in [1.54, 1.807) is 23.1 Å². The zero-order valence-corrected chi connectivity index (χ0v) is 18.8. The van der Waals surface area contributed by atoms with Gasteiger partial charge in [0.25, 0.3) is 5.56 Å². The van der Waals surface area contributed by atoms with Crippen molar-refractivity contribution in [1.29, 1.82) is 0 Å². The Morgan fingerprint density at radius 2 is 1.91 bits per heavy atom. The highest BCUT2D eigenvalue weighted by molar-refractivity contribution is 7.71. The summed E-state index contributed by atoms with van der Waals surface area (Å²) < 4.78 is 2.30. The molecule has 2 N–H and O–H groups in total. The molecule has 2 aromatic heterocycles. The Bertz CT molecular complexity index is 1370. The molecule has 0 aliphatic rings. The lowest BCUT2D eigenvalue weighted by atomic mass is 10.1. The van der Waals surface area contributed by atoms with Gasteiger partial charge in [0, 0.05) is 25.1 Å². The molecule has 1 amide bonds. The second-order valence-corrected chi connectivity index (χ2v) is 7.94. The number of aromatic amines is 2. The molecule has 0 atom stereocenters. The first-order valence-electron chi connectivity index (χ1n) is 10.4. The number of carbonyl (C=O) groups excluding carboxylic acids is 1. The third kappa shape index (κ3) is 4.52. The maximum absolute atomic E-state index is 13.0.